The van der Waals surface area contributed by atoms with Gasteiger partial charge in [-0.2, -0.15) is 14.3 Å². The Morgan fingerprint density at radius 2 is 2.21 bits per heavy atom. The molecule has 3 unspecified atom stereocenters. The van der Waals surface area contributed by atoms with Crippen LogP contribution in [0, 0.1) is 0 Å². The maximum atomic E-state index is 11.7. The molecule has 24 heavy (non-hydrogen) atoms. The monoisotopic (exact) mass is 361 g/mol. The fourth-order valence-electron chi connectivity index (χ4n) is 2.64. The summed E-state index contributed by atoms with van der Waals surface area (Å²) in [5.74, 6) is 0. The van der Waals surface area contributed by atoms with E-state index in [1.165, 1.54) is 24.3 Å². The highest BCUT2D eigenvalue weighted by Gasteiger charge is 2.47. The summed E-state index contributed by atoms with van der Waals surface area (Å²) in [6.45, 7) is 0.987. The lowest BCUT2D eigenvalue weighted by molar-refractivity contribution is -0.0516. The number of aromatic amines is 1. The number of hydrogen-bond acceptors (Lipinski definition) is 9. The van der Waals surface area contributed by atoms with Crippen LogP contribution in [0.2, 0.25) is 0 Å². The van der Waals surface area contributed by atoms with Crippen molar-refractivity contribution in [3.8, 4) is 0 Å². The van der Waals surface area contributed by atoms with Crippen LogP contribution in [0.3, 0.4) is 0 Å². The van der Waals surface area contributed by atoms with Crippen molar-refractivity contribution < 1.29 is 28.9 Å². The molecule has 2 aromatic rings. The van der Waals surface area contributed by atoms with E-state index in [0.29, 0.717) is 0 Å². The van der Waals surface area contributed by atoms with E-state index in [1.54, 1.807) is 0 Å². The second kappa shape index (κ2) is 6.45. The van der Waals surface area contributed by atoms with Crippen LogP contribution in [0.25, 0.3) is 11.2 Å². The molecule has 3 heterocycles. The van der Waals surface area contributed by atoms with Gasteiger partial charge in [0.1, 0.15) is 31.6 Å². The van der Waals surface area contributed by atoms with E-state index in [4.69, 9.17) is 14.0 Å². The summed E-state index contributed by atoms with van der Waals surface area (Å²) in [6.07, 6.45) is -0.944. The largest absolute Gasteiger partial charge is 0.403 e. The van der Waals surface area contributed by atoms with Crippen LogP contribution in [0.4, 0.5) is 0 Å². The first-order chi connectivity index (χ1) is 11.3. The number of nitrogens with one attached hydrogen (secondary N) is 1. The molecule has 11 nitrogen and oxygen atoms in total. The molecule has 3 rings (SSSR count). The minimum atomic E-state index is -3.44. The molecule has 1 fully saturated rings. The summed E-state index contributed by atoms with van der Waals surface area (Å²) in [5.41, 5.74) is -0.0393. The molecule has 4 atom stereocenters. The normalized spacial score (nSPS) is 27.9. The number of rotatable bonds is 5. The van der Waals surface area contributed by atoms with Gasteiger partial charge in [0.2, 0.25) is 0 Å². The third-order valence-electron chi connectivity index (χ3n) is 3.70. The van der Waals surface area contributed by atoms with Crippen molar-refractivity contribution in [2.75, 3.05) is 20.4 Å². The van der Waals surface area contributed by atoms with Gasteiger partial charge in [0.05, 0.1) is 12.7 Å². The molecule has 0 bridgehead atoms. The zero-order valence-corrected chi connectivity index (χ0v) is 13.8. The molecule has 1 aliphatic rings. The first-order valence-corrected chi connectivity index (χ1v) is 9.11. The molecule has 0 aliphatic carbocycles. The Morgan fingerprint density at radius 3 is 2.88 bits per heavy atom. The van der Waals surface area contributed by atoms with Crippen molar-refractivity contribution in [3.05, 3.63) is 23.0 Å². The van der Waals surface area contributed by atoms with Gasteiger partial charge < -0.3 is 19.6 Å². The Balaban J connectivity index is 1.88. The molecule has 1 saturated heterocycles. The van der Waals surface area contributed by atoms with E-state index in [9.17, 15) is 19.7 Å². The molecule has 0 amide bonds. The third kappa shape index (κ3) is 3.20. The van der Waals surface area contributed by atoms with E-state index in [1.807, 2.05) is 0 Å². The van der Waals surface area contributed by atoms with Crippen LogP contribution < -0.4 is 5.56 Å². The number of aromatic nitrogens is 4. The van der Waals surface area contributed by atoms with Gasteiger partial charge in [-0.05, 0) is 0 Å². The molecular weight excluding hydrogens is 343 g/mol. The lowest BCUT2D eigenvalue weighted by Crippen LogP contribution is -2.35. The number of aliphatic hydroxyl groups excluding tert-OH is 1. The predicted octanol–water partition coefficient (Wildman–Crippen LogP) is -1.21. The average molecular weight is 361 g/mol. The van der Waals surface area contributed by atoms with E-state index in [0.717, 1.165) is 6.66 Å². The Hall–Kier alpha value is -1.46. The van der Waals surface area contributed by atoms with E-state index >= 15 is 0 Å². The Morgan fingerprint density at radius 1 is 1.46 bits per heavy atom. The summed E-state index contributed by atoms with van der Waals surface area (Å²) < 4.78 is 17.4. The fraction of sp³-hybridized carbons (Fsp3) is 0.583. The molecule has 0 saturated carbocycles. The second-order valence-electron chi connectivity index (χ2n) is 5.44. The Bertz CT molecular complexity index is 773. The quantitative estimate of drug-likeness (QED) is 0.480. The summed E-state index contributed by atoms with van der Waals surface area (Å²) in [7, 11) is -2.05. The highest BCUT2D eigenvalue weighted by molar-refractivity contribution is 7.58. The highest BCUT2D eigenvalue weighted by Crippen LogP contribution is 2.47. The number of aliphatic hydroxyl groups is 1. The third-order valence-corrected chi connectivity index (χ3v) is 4.34. The molecule has 0 spiro atoms. The van der Waals surface area contributed by atoms with Gasteiger partial charge in [0.25, 0.3) is 5.56 Å². The van der Waals surface area contributed by atoms with Crippen LogP contribution in [-0.2, 0) is 14.0 Å². The maximum Gasteiger partial charge on any atom is 0.403 e. The lowest BCUT2D eigenvalue weighted by atomic mass is 10.1. The number of nitrogens with zero attached hydrogens (tertiary/aromatic N) is 3. The van der Waals surface area contributed by atoms with Gasteiger partial charge in [-0.25, -0.2) is 9.97 Å². The summed E-state index contributed by atoms with van der Waals surface area (Å²) >= 11 is 0. The minimum absolute atomic E-state index is 0.117. The van der Waals surface area contributed by atoms with Gasteiger partial charge in [0.15, 0.2) is 17.4 Å². The van der Waals surface area contributed by atoms with Gasteiger partial charge in [-0.3, -0.25) is 9.36 Å². The SMILES string of the molecule is COC1C(O)C(n2cnc3c(=O)[nH]cnc32)O[C@@H]1CO[P+](C)(O)O. The van der Waals surface area contributed by atoms with Crippen LogP contribution in [0.15, 0.2) is 17.4 Å². The van der Waals surface area contributed by atoms with Crippen molar-refractivity contribution >= 4 is 19.1 Å². The van der Waals surface area contributed by atoms with Crippen LogP contribution in [-0.4, -0.2) is 73.1 Å². The van der Waals surface area contributed by atoms with Crippen molar-refractivity contribution in [2.24, 2.45) is 0 Å². The minimum Gasteiger partial charge on any atom is -0.386 e. The van der Waals surface area contributed by atoms with Gasteiger partial charge in [0, 0.05) is 7.11 Å². The predicted molar refractivity (Wildman–Crippen MR) is 82.1 cm³/mol. The fourth-order valence-corrected chi connectivity index (χ4v) is 3.07. The molecule has 12 heteroatoms. The lowest BCUT2D eigenvalue weighted by Gasteiger charge is -2.18. The summed E-state index contributed by atoms with van der Waals surface area (Å²) in [4.78, 5) is 40.8. The zero-order valence-electron chi connectivity index (χ0n) is 12.9. The van der Waals surface area contributed by atoms with E-state index in [2.05, 4.69) is 15.0 Å². The number of methoxy groups -OCH3 is 1. The van der Waals surface area contributed by atoms with Crippen molar-refractivity contribution in [2.45, 2.75) is 24.5 Å². The van der Waals surface area contributed by atoms with Crippen LogP contribution in [0.1, 0.15) is 6.23 Å². The van der Waals surface area contributed by atoms with Crippen LogP contribution >= 0.6 is 7.94 Å². The Labute approximate surface area is 136 Å². The average Bonchev–Trinajstić information content (AvgIpc) is 3.06. The van der Waals surface area contributed by atoms with Gasteiger partial charge >= 0.3 is 7.94 Å². The first kappa shape index (κ1) is 17.4. The zero-order chi connectivity index (χ0) is 17.5. The van der Waals surface area contributed by atoms with Crippen molar-refractivity contribution in [3.63, 3.8) is 0 Å². The molecule has 0 radical (unpaired) electrons. The highest BCUT2D eigenvalue weighted by atomic mass is 31.2. The molecular formula is C12H18N4O7P+. The van der Waals surface area contributed by atoms with Crippen LogP contribution in [0.5, 0.6) is 0 Å². The first-order valence-electron chi connectivity index (χ1n) is 7.05. The Kier molecular flexibility index (Phi) is 4.67. The molecule has 1 aliphatic heterocycles. The molecule has 0 aromatic carbocycles. The number of H-pyrrole nitrogens is 1. The number of fused-ring (bicyclic) bond motifs is 1. The number of hydrogen-bond donors (Lipinski definition) is 4. The second-order valence-corrected chi connectivity index (χ2v) is 7.37. The van der Waals surface area contributed by atoms with Gasteiger partial charge in [-0.15, -0.1) is 0 Å². The van der Waals surface area contributed by atoms with Crippen molar-refractivity contribution in [1.82, 2.24) is 19.5 Å². The molecule has 2 aromatic heterocycles. The topological polar surface area (TPSA) is 152 Å². The van der Waals surface area contributed by atoms with Crippen molar-refractivity contribution in [1.29, 1.82) is 0 Å². The molecule has 132 valence electrons. The summed E-state index contributed by atoms with van der Waals surface area (Å²) in [5, 5.41) is 10.5. The van der Waals surface area contributed by atoms with E-state index < -0.39 is 38.0 Å². The standard InChI is InChI=1S/C12H17N4O7P/c1-21-9-6(3-22-24(2,19)20)23-12(8(9)17)16-5-15-7-10(16)13-4-14-11(7)18/h4-6,8-9,12,17,19-20H,3H2,1-2H3/p+1/t6-,8?,9?,12?/m1/s1. The van der Waals surface area contributed by atoms with E-state index in [-0.39, 0.29) is 17.8 Å². The number of ether oxygens (including phenoxy) is 2. The van der Waals surface area contributed by atoms with Gasteiger partial charge in [-0.1, -0.05) is 0 Å². The summed E-state index contributed by atoms with van der Waals surface area (Å²) in [6, 6.07) is 0. The number of imidazole rings is 1. The maximum absolute atomic E-state index is 11.7. The molecule has 4 N–H and O–H groups in total. The smallest absolute Gasteiger partial charge is 0.386 e.